The van der Waals surface area contributed by atoms with Crippen molar-refractivity contribution >= 4 is 27.6 Å². The fourth-order valence-electron chi connectivity index (χ4n) is 3.86. The number of nitrogens with zero attached hydrogens (tertiary/aromatic N) is 1. The van der Waals surface area contributed by atoms with E-state index in [1.165, 1.54) is 7.11 Å². The summed E-state index contributed by atoms with van der Waals surface area (Å²) in [4.78, 5) is 14.8. The molecule has 0 saturated carbocycles. The molecule has 0 aromatic heterocycles. The fraction of sp³-hybridized carbons (Fsp3) is 0.192. The number of ether oxygens (including phenoxy) is 3. The van der Waals surface area contributed by atoms with Crippen molar-refractivity contribution < 1.29 is 19.0 Å². The third-order valence-corrected chi connectivity index (χ3v) is 6.02. The number of methoxy groups -OCH3 is 1. The first-order valence-electron chi connectivity index (χ1n) is 10.4. The van der Waals surface area contributed by atoms with E-state index >= 15 is 0 Å². The molecule has 3 aromatic carbocycles. The van der Waals surface area contributed by atoms with E-state index < -0.39 is 11.9 Å². The molecular weight excluding hydrogens is 484 g/mol. The van der Waals surface area contributed by atoms with Crippen LogP contribution in [0.2, 0.25) is 0 Å². The lowest BCUT2D eigenvalue weighted by molar-refractivity contribution is -0.136. The van der Waals surface area contributed by atoms with Gasteiger partial charge in [-0.2, -0.15) is 0 Å². The average molecular weight is 509 g/mol. The van der Waals surface area contributed by atoms with Crippen LogP contribution >= 0.6 is 15.9 Å². The van der Waals surface area contributed by atoms with E-state index in [4.69, 9.17) is 19.9 Å². The maximum atomic E-state index is 12.8. The smallest absolute Gasteiger partial charge is 0.340 e. The van der Waals surface area contributed by atoms with E-state index in [2.05, 4.69) is 15.9 Å². The highest BCUT2D eigenvalue weighted by Crippen LogP contribution is 2.47. The molecule has 170 valence electrons. The van der Waals surface area contributed by atoms with Crippen molar-refractivity contribution in [2.45, 2.75) is 12.5 Å². The van der Waals surface area contributed by atoms with Crippen LogP contribution in [0.1, 0.15) is 22.6 Å². The summed E-state index contributed by atoms with van der Waals surface area (Å²) in [6, 6.07) is 21.5. The first-order chi connectivity index (χ1) is 15.9. The first kappa shape index (κ1) is 22.7. The van der Waals surface area contributed by atoms with Crippen molar-refractivity contribution in [3.8, 4) is 11.5 Å². The van der Waals surface area contributed by atoms with Gasteiger partial charge in [0.1, 0.15) is 23.7 Å². The predicted molar refractivity (Wildman–Crippen MR) is 131 cm³/mol. The van der Waals surface area contributed by atoms with Crippen LogP contribution in [0.25, 0.3) is 0 Å². The van der Waals surface area contributed by atoms with Gasteiger partial charge in [0.2, 0.25) is 5.88 Å². The maximum absolute atomic E-state index is 12.8. The van der Waals surface area contributed by atoms with E-state index in [0.717, 1.165) is 26.9 Å². The Morgan fingerprint density at radius 1 is 1.06 bits per heavy atom. The highest BCUT2D eigenvalue weighted by Gasteiger charge is 2.37. The second kappa shape index (κ2) is 9.58. The lowest BCUT2D eigenvalue weighted by Gasteiger charge is -2.30. The SMILES string of the molecule is COC(=O)C1=C(N)Oc2cc(N(C)C)ccc2[C@@H]1c1cc(Br)ccc1OCc1ccccc1. The second-order valence-corrected chi connectivity index (χ2v) is 8.79. The molecule has 0 saturated heterocycles. The summed E-state index contributed by atoms with van der Waals surface area (Å²) in [5.74, 6) is 0.176. The molecule has 3 aromatic rings. The molecule has 0 amide bonds. The largest absolute Gasteiger partial charge is 0.489 e. The Balaban J connectivity index is 1.84. The molecule has 7 heteroatoms. The number of nitrogens with two attached hydrogens (primary N) is 1. The molecule has 0 spiro atoms. The number of benzene rings is 3. The van der Waals surface area contributed by atoms with Crippen LogP contribution in [0, 0.1) is 0 Å². The molecule has 4 rings (SSSR count). The van der Waals surface area contributed by atoms with E-state index in [1.54, 1.807) is 0 Å². The van der Waals surface area contributed by atoms with Gasteiger partial charge in [-0.1, -0.05) is 52.3 Å². The third kappa shape index (κ3) is 4.68. The molecule has 1 atom stereocenters. The number of hydrogen-bond donors (Lipinski definition) is 1. The second-order valence-electron chi connectivity index (χ2n) is 7.88. The first-order valence-corrected chi connectivity index (χ1v) is 11.2. The Bertz CT molecular complexity index is 1210. The summed E-state index contributed by atoms with van der Waals surface area (Å²) >= 11 is 3.56. The summed E-state index contributed by atoms with van der Waals surface area (Å²) < 4.78 is 18.0. The van der Waals surface area contributed by atoms with Crippen LogP contribution in [-0.4, -0.2) is 27.2 Å². The zero-order chi connectivity index (χ0) is 23.5. The minimum atomic E-state index is -0.547. The van der Waals surface area contributed by atoms with Gasteiger partial charge in [0, 0.05) is 41.4 Å². The van der Waals surface area contributed by atoms with Gasteiger partial charge in [0.15, 0.2) is 0 Å². The summed E-state index contributed by atoms with van der Waals surface area (Å²) in [5.41, 5.74) is 10.1. The number of fused-ring (bicyclic) bond motifs is 1. The lowest BCUT2D eigenvalue weighted by Crippen LogP contribution is -2.27. The van der Waals surface area contributed by atoms with Gasteiger partial charge in [-0.05, 0) is 29.8 Å². The van der Waals surface area contributed by atoms with E-state index in [1.807, 2.05) is 85.7 Å². The van der Waals surface area contributed by atoms with Gasteiger partial charge in [0.25, 0.3) is 0 Å². The third-order valence-electron chi connectivity index (χ3n) is 5.52. The van der Waals surface area contributed by atoms with Crippen molar-refractivity contribution in [1.29, 1.82) is 0 Å². The van der Waals surface area contributed by atoms with E-state index in [0.29, 0.717) is 18.1 Å². The van der Waals surface area contributed by atoms with Gasteiger partial charge < -0.3 is 24.8 Å². The summed E-state index contributed by atoms with van der Waals surface area (Å²) in [5, 5.41) is 0. The van der Waals surface area contributed by atoms with Crippen molar-refractivity contribution in [3.05, 3.63) is 99.3 Å². The zero-order valence-electron chi connectivity index (χ0n) is 18.7. The van der Waals surface area contributed by atoms with Gasteiger partial charge in [0.05, 0.1) is 13.0 Å². The van der Waals surface area contributed by atoms with Gasteiger partial charge in [-0.3, -0.25) is 0 Å². The van der Waals surface area contributed by atoms with Crippen molar-refractivity contribution in [1.82, 2.24) is 0 Å². The highest BCUT2D eigenvalue weighted by molar-refractivity contribution is 9.10. The minimum Gasteiger partial charge on any atom is -0.489 e. The molecule has 0 aliphatic carbocycles. The number of esters is 1. The van der Waals surface area contributed by atoms with Gasteiger partial charge in [-0.25, -0.2) is 4.79 Å². The number of carbonyl (C=O) groups is 1. The predicted octanol–water partition coefficient (Wildman–Crippen LogP) is 4.96. The number of anilines is 1. The molecule has 1 aliphatic heterocycles. The molecule has 0 radical (unpaired) electrons. The van der Waals surface area contributed by atoms with Gasteiger partial charge in [-0.15, -0.1) is 0 Å². The summed E-state index contributed by atoms with van der Waals surface area (Å²) in [6.45, 7) is 0.387. The molecule has 1 heterocycles. The lowest BCUT2D eigenvalue weighted by atomic mass is 9.82. The van der Waals surface area contributed by atoms with Crippen molar-refractivity contribution in [3.63, 3.8) is 0 Å². The highest BCUT2D eigenvalue weighted by atomic mass is 79.9. The Morgan fingerprint density at radius 2 is 1.82 bits per heavy atom. The average Bonchev–Trinajstić information content (AvgIpc) is 2.82. The van der Waals surface area contributed by atoms with Crippen LogP contribution in [0.3, 0.4) is 0 Å². The van der Waals surface area contributed by atoms with Crippen molar-refractivity contribution in [2.75, 3.05) is 26.1 Å². The Morgan fingerprint density at radius 3 is 2.52 bits per heavy atom. The number of halogens is 1. The maximum Gasteiger partial charge on any atom is 0.340 e. The van der Waals surface area contributed by atoms with Crippen LogP contribution in [0.15, 0.2) is 82.7 Å². The molecule has 1 aliphatic rings. The summed E-state index contributed by atoms with van der Waals surface area (Å²) in [7, 11) is 5.23. The molecule has 0 unspecified atom stereocenters. The van der Waals surface area contributed by atoms with Gasteiger partial charge >= 0.3 is 5.97 Å². The van der Waals surface area contributed by atoms with Crippen molar-refractivity contribution in [2.24, 2.45) is 5.73 Å². The molecule has 33 heavy (non-hydrogen) atoms. The Hall–Kier alpha value is -3.45. The monoisotopic (exact) mass is 508 g/mol. The Kier molecular flexibility index (Phi) is 6.60. The molecule has 6 nitrogen and oxygen atoms in total. The minimum absolute atomic E-state index is 0.0178. The zero-order valence-corrected chi connectivity index (χ0v) is 20.3. The standard InChI is InChI=1S/C26H25BrN2O4/c1-29(2)18-10-11-19-22(14-18)33-25(28)24(26(30)31-3)23(19)20-13-17(27)9-12-21(20)32-15-16-7-5-4-6-8-16/h4-14,23H,15,28H2,1-3H3/t23-/m1/s1. The van der Waals surface area contributed by atoms with Crippen LogP contribution in [0.5, 0.6) is 11.5 Å². The molecular formula is C26H25BrN2O4. The van der Waals surface area contributed by atoms with Crippen LogP contribution in [0.4, 0.5) is 5.69 Å². The van der Waals surface area contributed by atoms with E-state index in [9.17, 15) is 4.79 Å². The van der Waals surface area contributed by atoms with Crippen LogP contribution < -0.4 is 20.1 Å². The molecule has 0 fully saturated rings. The summed E-state index contributed by atoms with van der Waals surface area (Å²) in [6.07, 6.45) is 0. The topological polar surface area (TPSA) is 74.0 Å². The molecule has 0 bridgehead atoms. The van der Waals surface area contributed by atoms with Crippen LogP contribution in [-0.2, 0) is 16.1 Å². The molecule has 2 N–H and O–H groups in total. The fourth-order valence-corrected chi connectivity index (χ4v) is 4.24. The van der Waals surface area contributed by atoms with E-state index in [-0.39, 0.29) is 11.5 Å². The number of carbonyl (C=O) groups excluding carboxylic acids is 1. The number of rotatable bonds is 6. The quantitative estimate of drug-likeness (QED) is 0.474. The number of hydrogen-bond acceptors (Lipinski definition) is 6. The normalized spacial score (nSPS) is 14.8. The Labute approximate surface area is 201 Å².